The van der Waals surface area contributed by atoms with Crippen LogP contribution in [0.1, 0.15) is 11.1 Å². The molecule has 8 heteroatoms. The highest BCUT2D eigenvalue weighted by Crippen LogP contribution is 2.40. The van der Waals surface area contributed by atoms with Crippen LogP contribution in [-0.4, -0.2) is 66.3 Å². The summed E-state index contributed by atoms with van der Waals surface area (Å²) in [6.45, 7) is 7.28. The minimum atomic E-state index is 0.523. The van der Waals surface area contributed by atoms with Gasteiger partial charge < -0.3 is 19.5 Å². The zero-order valence-electron chi connectivity index (χ0n) is 22.2. The number of fused-ring (bicyclic) bond motifs is 1. The Bertz CT molecular complexity index is 1390. The number of pyridine rings is 2. The molecule has 2 aromatic heterocycles. The smallest absolute Gasteiger partial charge is 0.238 e. The third-order valence-electron chi connectivity index (χ3n) is 7.13. The molecule has 1 N–H and O–H groups in total. The standard InChI is InChI=1S/C31H33N5O3/c1-37-31-28(12-11-27(34-31)26-5-2-6-29-30(26)39-19-18-38-29)33-25-9-7-23(8-10-25)21-35-14-16-36(17-15-35)22-24-4-3-13-32-20-24/h2-13,20,33H,14-19,21-22H2,1H3. The van der Waals surface area contributed by atoms with Crippen molar-refractivity contribution >= 4 is 11.4 Å². The molecule has 2 aliphatic rings. The first-order valence-corrected chi connectivity index (χ1v) is 13.4. The van der Waals surface area contributed by atoms with E-state index in [2.05, 4.69) is 50.4 Å². The number of para-hydroxylation sites is 1. The molecule has 0 spiro atoms. The number of hydrogen-bond acceptors (Lipinski definition) is 8. The molecule has 0 aliphatic carbocycles. The molecule has 2 aromatic carbocycles. The predicted octanol–water partition coefficient (Wildman–Crippen LogP) is 4.98. The fourth-order valence-corrected chi connectivity index (χ4v) is 5.08. The van der Waals surface area contributed by atoms with Crippen LogP contribution < -0.4 is 19.5 Å². The Morgan fingerprint density at radius 3 is 2.33 bits per heavy atom. The van der Waals surface area contributed by atoms with Crippen molar-refractivity contribution in [2.75, 3.05) is 51.8 Å². The van der Waals surface area contributed by atoms with Crippen molar-refractivity contribution in [3.05, 3.63) is 90.3 Å². The van der Waals surface area contributed by atoms with Crippen LogP contribution in [0.4, 0.5) is 11.4 Å². The number of nitrogens with one attached hydrogen (secondary N) is 1. The van der Waals surface area contributed by atoms with E-state index in [0.717, 1.165) is 73.4 Å². The van der Waals surface area contributed by atoms with Gasteiger partial charge in [-0.2, -0.15) is 0 Å². The maximum atomic E-state index is 5.87. The number of rotatable bonds is 8. The van der Waals surface area contributed by atoms with E-state index in [4.69, 9.17) is 19.2 Å². The first-order valence-electron chi connectivity index (χ1n) is 13.4. The Morgan fingerprint density at radius 2 is 1.59 bits per heavy atom. The SMILES string of the molecule is COc1nc(-c2cccc3c2OCCO3)ccc1Nc1ccc(CN2CCN(Cc3cccnc3)CC2)cc1. The molecular formula is C31H33N5O3. The van der Waals surface area contributed by atoms with E-state index in [0.29, 0.717) is 19.1 Å². The van der Waals surface area contributed by atoms with Crippen molar-refractivity contribution in [3.63, 3.8) is 0 Å². The van der Waals surface area contributed by atoms with Gasteiger partial charge in [0.15, 0.2) is 11.5 Å². The highest BCUT2D eigenvalue weighted by atomic mass is 16.6. The van der Waals surface area contributed by atoms with Crippen LogP contribution in [0.5, 0.6) is 17.4 Å². The number of anilines is 2. The molecule has 2 aliphatic heterocycles. The van der Waals surface area contributed by atoms with Gasteiger partial charge in [0, 0.05) is 62.9 Å². The van der Waals surface area contributed by atoms with Crippen molar-refractivity contribution in [3.8, 4) is 28.6 Å². The molecule has 0 radical (unpaired) electrons. The Hall–Kier alpha value is -4.14. The first-order chi connectivity index (χ1) is 19.2. The van der Waals surface area contributed by atoms with E-state index < -0.39 is 0 Å². The van der Waals surface area contributed by atoms with Gasteiger partial charge in [0.25, 0.3) is 0 Å². The fraction of sp³-hybridized carbons (Fsp3) is 0.290. The summed E-state index contributed by atoms with van der Waals surface area (Å²) in [7, 11) is 1.64. The van der Waals surface area contributed by atoms with Gasteiger partial charge >= 0.3 is 0 Å². The Kier molecular flexibility index (Phi) is 7.56. The lowest BCUT2D eigenvalue weighted by Gasteiger charge is -2.34. The molecule has 0 saturated carbocycles. The monoisotopic (exact) mass is 523 g/mol. The minimum absolute atomic E-state index is 0.523. The van der Waals surface area contributed by atoms with Gasteiger partial charge in [-0.1, -0.05) is 24.3 Å². The van der Waals surface area contributed by atoms with E-state index >= 15 is 0 Å². The lowest BCUT2D eigenvalue weighted by Crippen LogP contribution is -2.45. The molecule has 0 amide bonds. The Morgan fingerprint density at radius 1 is 0.821 bits per heavy atom. The predicted molar refractivity (Wildman–Crippen MR) is 152 cm³/mol. The van der Waals surface area contributed by atoms with Crippen molar-refractivity contribution in [1.82, 2.24) is 19.8 Å². The first kappa shape index (κ1) is 25.2. The molecule has 0 atom stereocenters. The lowest BCUT2D eigenvalue weighted by atomic mass is 10.1. The van der Waals surface area contributed by atoms with E-state index in [1.807, 2.05) is 48.8 Å². The minimum Gasteiger partial charge on any atom is -0.486 e. The van der Waals surface area contributed by atoms with Gasteiger partial charge in [-0.3, -0.25) is 14.8 Å². The maximum absolute atomic E-state index is 5.87. The molecule has 0 unspecified atom stereocenters. The van der Waals surface area contributed by atoms with Crippen molar-refractivity contribution in [1.29, 1.82) is 0 Å². The van der Waals surface area contributed by atoms with E-state index in [1.54, 1.807) is 7.11 Å². The van der Waals surface area contributed by atoms with E-state index in [9.17, 15) is 0 Å². The maximum Gasteiger partial charge on any atom is 0.238 e. The zero-order valence-corrected chi connectivity index (χ0v) is 22.2. The molecule has 1 fully saturated rings. The topological polar surface area (TPSA) is 72.0 Å². The van der Waals surface area contributed by atoms with Crippen LogP contribution in [0, 0.1) is 0 Å². The molecule has 200 valence electrons. The Balaban J connectivity index is 1.07. The molecule has 1 saturated heterocycles. The van der Waals surface area contributed by atoms with Crippen LogP contribution >= 0.6 is 0 Å². The van der Waals surface area contributed by atoms with Gasteiger partial charge in [0.05, 0.1) is 12.8 Å². The third kappa shape index (κ3) is 5.97. The molecule has 6 rings (SSSR count). The van der Waals surface area contributed by atoms with E-state index in [1.165, 1.54) is 11.1 Å². The summed E-state index contributed by atoms with van der Waals surface area (Å²) < 4.78 is 17.2. The summed E-state index contributed by atoms with van der Waals surface area (Å²) >= 11 is 0. The number of methoxy groups -OCH3 is 1. The molecule has 0 bridgehead atoms. The second-order valence-corrected chi connectivity index (χ2v) is 9.82. The van der Waals surface area contributed by atoms with Gasteiger partial charge in [0.1, 0.15) is 18.9 Å². The highest BCUT2D eigenvalue weighted by Gasteiger charge is 2.19. The van der Waals surface area contributed by atoms with Crippen molar-refractivity contribution < 1.29 is 14.2 Å². The molecule has 39 heavy (non-hydrogen) atoms. The quantitative estimate of drug-likeness (QED) is 0.347. The summed E-state index contributed by atoms with van der Waals surface area (Å²) in [4.78, 5) is 14.0. The molecule has 8 nitrogen and oxygen atoms in total. The Labute approximate surface area is 229 Å². The molecular weight excluding hydrogens is 490 g/mol. The van der Waals surface area contributed by atoms with Crippen molar-refractivity contribution in [2.45, 2.75) is 13.1 Å². The summed E-state index contributed by atoms with van der Waals surface area (Å²) in [5, 5.41) is 3.46. The lowest BCUT2D eigenvalue weighted by molar-refractivity contribution is 0.122. The van der Waals surface area contributed by atoms with Crippen LogP contribution in [0.15, 0.2) is 79.1 Å². The largest absolute Gasteiger partial charge is 0.486 e. The normalized spacial score (nSPS) is 15.6. The summed E-state index contributed by atoms with van der Waals surface area (Å²) in [5.74, 6) is 1.99. The summed E-state index contributed by atoms with van der Waals surface area (Å²) in [5.41, 5.74) is 6.04. The van der Waals surface area contributed by atoms with E-state index in [-0.39, 0.29) is 0 Å². The third-order valence-corrected chi connectivity index (χ3v) is 7.13. The van der Waals surface area contributed by atoms with Crippen LogP contribution in [-0.2, 0) is 13.1 Å². The van der Waals surface area contributed by atoms with Crippen molar-refractivity contribution in [2.24, 2.45) is 0 Å². The molecule has 4 heterocycles. The number of aromatic nitrogens is 2. The summed E-state index contributed by atoms with van der Waals surface area (Å²) in [6.07, 6.45) is 3.79. The number of ether oxygens (including phenoxy) is 3. The van der Waals surface area contributed by atoms with Crippen LogP contribution in [0.3, 0.4) is 0 Å². The number of nitrogens with zero attached hydrogens (tertiary/aromatic N) is 4. The average Bonchev–Trinajstić information content (AvgIpc) is 2.99. The van der Waals surface area contributed by atoms with Crippen LogP contribution in [0.2, 0.25) is 0 Å². The van der Waals surface area contributed by atoms with Gasteiger partial charge in [-0.15, -0.1) is 0 Å². The second kappa shape index (κ2) is 11.7. The summed E-state index contributed by atoms with van der Waals surface area (Å²) in [6, 6.07) is 22.6. The van der Waals surface area contributed by atoms with Gasteiger partial charge in [-0.05, 0) is 53.6 Å². The van der Waals surface area contributed by atoms with Crippen LogP contribution in [0.25, 0.3) is 11.3 Å². The second-order valence-electron chi connectivity index (χ2n) is 9.82. The zero-order chi connectivity index (χ0) is 26.4. The average molecular weight is 524 g/mol. The number of hydrogen-bond donors (Lipinski definition) is 1. The molecule has 4 aromatic rings. The number of piperazine rings is 1. The number of benzene rings is 2. The fourth-order valence-electron chi connectivity index (χ4n) is 5.08. The van der Waals surface area contributed by atoms with Gasteiger partial charge in [0.2, 0.25) is 5.88 Å². The van der Waals surface area contributed by atoms with Gasteiger partial charge in [-0.25, -0.2) is 4.98 Å². The highest BCUT2D eigenvalue weighted by molar-refractivity contribution is 5.74.